The second-order valence-electron chi connectivity index (χ2n) is 8.08. The summed E-state index contributed by atoms with van der Waals surface area (Å²) in [7, 11) is 0. The number of ether oxygens (including phenoxy) is 1. The van der Waals surface area contributed by atoms with E-state index in [1.807, 2.05) is 56.3 Å². The summed E-state index contributed by atoms with van der Waals surface area (Å²) < 4.78 is 5.75. The maximum absolute atomic E-state index is 12.4. The molecule has 0 saturated heterocycles. The average Bonchev–Trinajstić information content (AvgIpc) is 2.76. The van der Waals surface area contributed by atoms with Crippen LogP contribution in [0.4, 0.5) is 0 Å². The third-order valence-corrected chi connectivity index (χ3v) is 5.22. The van der Waals surface area contributed by atoms with Crippen LogP contribution in [-0.2, 0) is 22.4 Å². The minimum Gasteiger partial charge on any atom is -0.493 e. The Morgan fingerprint density at radius 2 is 1.44 bits per heavy atom. The summed E-state index contributed by atoms with van der Waals surface area (Å²) in [6, 6.07) is 22.2. The monoisotopic (exact) mass is 428 g/mol. The molecule has 3 aromatic carbocycles. The molecule has 0 saturated carbocycles. The first-order valence-corrected chi connectivity index (χ1v) is 10.8. The normalized spacial score (nSPS) is 10.6. The lowest BCUT2D eigenvalue weighted by molar-refractivity contribution is -0.119. The predicted molar refractivity (Wildman–Crippen MR) is 125 cm³/mol. The smallest absolute Gasteiger partial charge is 0.170 e. The van der Waals surface area contributed by atoms with E-state index >= 15 is 0 Å². The molecule has 0 atom stereocenters. The van der Waals surface area contributed by atoms with Gasteiger partial charge in [-0.25, -0.2) is 0 Å². The largest absolute Gasteiger partial charge is 0.493 e. The van der Waals surface area contributed by atoms with Crippen molar-refractivity contribution in [1.82, 2.24) is 0 Å². The zero-order chi connectivity index (χ0) is 22.9. The first-order chi connectivity index (χ1) is 15.4. The Bertz CT molecular complexity index is 1100. The van der Waals surface area contributed by atoms with Crippen molar-refractivity contribution in [3.8, 4) is 5.75 Å². The highest BCUT2D eigenvalue weighted by Crippen LogP contribution is 2.19. The van der Waals surface area contributed by atoms with Crippen LogP contribution in [0, 0.1) is 13.8 Å². The fourth-order valence-electron chi connectivity index (χ4n) is 3.60. The number of carbonyl (C=O) groups is 3. The van der Waals surface area contributed by atoms with Crippen LogP contribution in [0.25, 0.3) is 0 Å². The molecule has 32 heavy (non-hydrogen) atoms. The van der Waals surface area contributed by atoms with Gasteiger partial charge in [-0.3, -0.25) is 14.4 Å². The van der Waals surface area contributed by atoms with Gasteiger partial charge in [-0.1, -0.05) is 72.3 Å². The fraction of sp³-hybridized carbons (Fsp3) is 0.250. The first-order valence-electron chi connectivity index (χ1n) is 10.8. The lowest BCUT2D eigenvalue weighted by atomic mass is 9.99. The molecule has 4 nitrogen and oxygen atoms in total. The average molecular weight is 429 g/mol. The Morgan fingerprint density at radius 3 is 2.12 bits per heavy atom. The molecule has 4 heteroatoms. The molecule has 3 aromatic rings. The van der Waals surface area contributed by atoms with Crippen molar-refractivity contribution < 1.29 is 19.1 Å². The zero-order valence-corrected chi connectivity index (χ0v) is 18.6. The number of ketones is 3. The third kappa shape index (κ3) is 7.02. The van der Waals surface area contributed by atoms with Gasteiger partial charge in [-0.15, -0.1) is 0 Å². The van der Waals surface area contributed by atoms with Crippen LogP contribution in [0.1, 0.15) is 45.5 Å². The number of benzene rings is 3. The minimum absolute atomic E-state index is 0.0810. The van der Waals surface area contributed by atoms with Gasteiger partial charge in [0.15, 0.2) is 5.78 Å². The SMILES string of the molecule is Cc1ccc(OCCC(=O)Cc2cccc(CC(=O)CC(=O)c3ccccc3)c2)c(C)c1. The molecule has 0 aliphatic heterocycles. The molecule has 0 unspecified atom stereocenters. The second-order valence-corrected chi connectivity index (χ2v) is 8.08. The number of hydrogen-bond donors (Lipinski definition) is 0. The van der Waals surface area contributed by atoms with Gasteiger partial charge in [0, 0.05) is 24.8 Å². The maximum atomic E-state index is 12.4. The van der Waals surface area contributed by atoms with Crippen LogP contribution in [0.2, 0.25) is 0 Å². The zero-order valence-electron chi connectivity index (χ0n) is 18.6. The standard InChI is InChI=1S/C28H28O4/c1-20-11-12-28(21(2)15-20)32-14-13-25(29)17-22-7-6-8-23(16-22)18-26(30)19-27(31)24-9-4-3-5-10-24/h3-12,15-16H,13-14,17-19H2,1-2H3. The van der Waals surface area contributed by atoms with Crippen LogP contribution in [0.15, 0.2) is 72.8 Å². The molecular weight excluding hydrogens is 400 g/mol. The van der Waals surface area contributed by atoms with Crippen LogP contribution < -0.4 is 4.74 Å². The van der Waals surface area contributed by atoms with E-state index in [9.17, 15) is 14.4 Å². The lowest BCUT2D eigenvalue weighted by Crippen LogP contribution is -2.11. The number of rotatable bonds is 11. The van der Waals surface area contributed by atoms with Crippen molar-refractivity contribution in [2.45, 2.75) is 39.5 Å². The summed E-state index contributed by atoms with van der Waals surface area (Å²) in [5.41, 5.74) is 4.45. The number of aryl methyl sites for hydroxylation is 2. The summed E-state index contributed by atoms with van der Waals surface area (Å²) in [5, 5.41) is 0. The quantitative estimate of drug-likeness (QED) is 0.308. The van der Waals surface area contributed by atoms with Crippen molar-refractivity contribution in [2.75, 3.05) is 6.61 Å². The first kappa shape index (κ1) is 23.1. The van der Waals surface area contributed by atoms with Crippen molar-refractivity contribution in [1.29, 1.82) is 0 Å². The molecule has 0 heterocycles. The maximum Gasteiger partial charge on any atom is 0.170 e. The molecule has 0 aromatic heterocycles. The van der Waals surface area contributed by atoms with Crippen LogP contribution >= 0.6 is 0 Å². The van der Waals surface area contributed by atoms with Gasteiger partial charge in [0.25, 0.3) is 0 Å². The fourth-order valence-corrected chi connectivity index (χ4v) is 3.60. The summed E-state index contributed by atoms with van der Waals surface area (Å²) in [5.74, 6) is 0.571. The lowest BCUT2D eigenvalue weighted by Gasteiger charge is -2.09. The summed E-state index contributed by atoms with van der Waals surface area (Å²) in [6.07, 6.45) is 0.669. The van der Waals surface area contributed by atoms with E-state index in [2.05, 4.69) is 6.07 Å². The van der Waals surface area contributed by atoms with Crippen LogP contribution in [0.3, 0.4) is 0 Å². The summed E-state index contributed by atoms with van der Waals surface area (Å²) >= 11 is 0. The molecular formula is C28H28O4. The highest BCUT2D eigenvalue weighted by atomic mass is 16.5. The van der Waals surface area contributed by atoms with E-state index < -0.39 is 0 Å². The number of Topliss-reactive ketones (excluding diaryl/α,β-unsaturated/α-hetero) is 3. The topological polar surface area (TPSA) is 60.4 Å². The molecule has 0 aliphatic rings. The number of carbonyl (C=O) groups excluding carboxylic acids is 3. The van der Waals surface area contributed by atoms with E-state index in [1.54, 1.807) is 24.3 Å². The third-order valence-electron chi connectivity index (χ3n) is 5.22. The molecule has 0 bridgehead atoms. The van der Waals surface area contributed by atoms with E-state index in [-0.39, 0.29) is 30.2 Å². The van der Waals surface area contributed by atoms with Gasteiger partial charge in [-0.05, 0) is 36.6 Å². The molecule has 164 valence electrons. The van der Waals surface area contributed by atoms with Crippen molar-refractivity contribution >= 4 is 17.3 Å². The molecule has 0 fully saturated rings. The molecule has 3 rings (SSSR count). The van der Waals surface area contributed by atoms with Gasteiger partial charge >= 0.3 is 0 Å². The van der Waals surface area contributed by atoms with E-state index in [1.165, 1.54) is 5.56 Å². The Hall–Kier alpha value is -3.53. The van der Waals surface area contributed by atoms with E-state index in [4.69, 9.17) is 4.74 Å². The molecule has 0 radical (unpaired) electrons. The summed E-state index contributed by atoms with van der Waals surface area (Å²) in [6.45, 7) is 4.36. The highest BCUT2D eigenvalue weighted by molar-refractivity contribution is 6.08. The van der Waals surface area contributed by atoms with Crippen molar-refractivity contribution in [3.05, 3.63) is 101 Å². The van der Waals surface area contributed by atoms with Gasteiger partial charge in [0.2, 0.25) is 0 Å². The van der Waals surface area contributed by atoms with Gasteiger partial charge in [-0.2, -0.15) is 0 Å². The van der Waals surface area contributed by atoms with E-state index in [0.717, 1.165) is 22.4 Å². The molecule has 0 N–H and O–H groups in total. The van der Waals surface area contributed by atoms with E-state index in [0.29, 0.717) is 25.0 Å². The van der Waals surface area contributed by atoms with Crippen molar-refractivity contribution in [2.24, 2.45) is 0 Å². The Morgan fingerprint density at radius 1 is 0.750 bits per heavy atom. The highest BCUT2D eigenvalue weighted by Gasteiger charge is 2.13. The molecule has 0 spiro atoms. The number of hydrogen-bond acceptors (Lipinski definition) is 4. The molecule has 0 amide bonds. The minimum atomic E-state index is -0.175. The van der Waals surface area contributed by atoms with Gasteiger partial charge < -0.3 is 4.74 Å². The Labute approximate surface area is 189 Å². The Balaban J connectivity index is 1.48. The van der Waals surface area contributed by atoms with Crippen LogP contribution in [-0.4, -0.2) is 24.0 Å². The Kier molecular flexibility index (Phi) is 8.09. The van der Waals surface area contributed by atoms with Crippen molar-refractivity contribution in [3.63, 3.8) is 0 Å². The predicted octanol–water partition coefficient (Wildman–Crippen LogP) is 5.27. The molecule has 0 aliphatic carbocycles. The summed E-state index contributed by atoms with van der Waals surface area (Å²) in [4.78, 5) is 37.0. The van der Waals surface area contributed by atoms with Crippen LogP contribution in [0.5, 0.6) is 5.75 Å². The second kappa shape index (κ2) is 11.2. The van der Waals surface area contributed by atoms with Gasteiger partial charge in [0.05, 0.1) is 13.0 Å². The van der Waals surface area contributed by atoms with Gasteiger partial charge in [0.1, 0.15) is 17.3 Å².